The van der Waals surface area contributed by atoms with Crippen molar-refractivity contribution < 1.29 is 9.18 Å². The van der Waals surface area contributed by atoms with Gasteiger partial charge in [0.05, 0.1) is 11.6 Å². The molecule has 3 N–H and O–H groups in total. The normalized spacial score (nSPS) is 12.0. The number of nitrogens with zero attached hydrogens (tertiary/aromatic N) is 3. The van der Waals surface area contributed by atoms with Crippen LogP contribution in [0.15, 0.2) is 55.0 Å². The fraction of sp³-hybridized carbons (Fsp3) is 0.143. The summed E-state index contributed by atoms with van der Waals surface area (Å²) in [5.41, 5.74) is 4.24. The van der Waals surface area contributed by atoms with Crippen LogP contribution in [-0.4, -0.2) is 26.2 Å². The highest BCUT2D eigenvalue weighted by Gasteiger charge is 2.13. The summed E-state index contributed by atoms with van der Waals surface area (Å²) in [4.78, 5) is 20.8. The SMILES string of the molecule is Cc1cncc(-c2n[nH]c3cc(NC(=O)N[C@H](C)c4ccc(F)cc4)ncc23)c1. The van der Waals surface area contributed by atoms with Crippen molar-refractivity contribution in [3.8, 4) is 11.3 Å². The molecule has 3 heterocycles. The molecule has 0 aliphatic rings. The Labute approximate surface area is 166 Å². The smallest absolute Gasteiger partial charge is 0.320 e. The maximum Gasteiger partial charge on any atom is 0.320 e. The van der Waals surface area contributed by atoms with Crippen molar-refractivity contribution in [2.24, 2.45) is 0 Å². The van der Waals surface area contributed by atoms with E-state index < -0.39 is 6.03 Å². The van der Waals surface area contributed by atoms with E-state index in [-0.39, 0.29) is 11.9 Å². The number of carbonyl (C=O) groups excluding carboxylic acids is 1. The molecule has 0 aliphatic heterocycles. The molecule has 1 aromatic carbocycles. The topological polar surface area (TPSA) is 95.6 Å². The first kappa shape index (κ1) is 18.5. The van der Waals surface area contributed by atoms with Crippen molar-refractivity contribution in [2.45, 2.75) is 19.9 Å². The Kier molecular flexibility index (Phi) is 4.90. The molecule has 4 rings (SSSR count). The molecule has 0 spiro atoms. The first-order valence-electron chi connectivity index (χ1n) is 9.09. The molecule has 0 bridgehead atoms. The third kappa shape index (κ3) is 4.06. The van der Waals surface area contributed by atoms with Gasteiger partial charge in [0.25, 0.3) is 0 Å². The molecule has 8 heteroatoms. The van der Waals surface area contributed by atoms with Gasteiger partial charge in [-0.2, -0.15) is 5.10 Å². The minimum absolute atomic E-state index is 0.285. The number of H-pyrrole nitrogens is 1. The molecule has 1 atom stereocenters. The summed E-state index contributed by atoms with van der Waals surface area (Å²) in [6, 6.07) is 9.02. The minimum atomic E-state index is -0.406. The number of pyridine rings is 2. The predicted molar refractivity (Wildman–Crippen MR) is 109 cm³/mol. The van der Waals surface area contributed by atoms with E-state index >= 15 is 0 Å². The second kappa shape index (κ2) is 7.67. The number of hydrogen-bond donors (Lipinski definition) is 3. The number of rotatable bonds is 4. The average molecular weight is 390 g/mol. The number of hydrogen-bond acceptors (Lipinski definition) is 4. The van der Waals surface area contributed by atoms with Crippen molar-refractivity contribution in [3.05, 3.63) is 71.9 Å². The quantitative estimate of drug-likeness (QED) is 0.483. The highest BCUT2D eigenvalue weighted by Crippen LogP contribution is 2.26. The van der Waals surface area contributed by atoms with E-state index in [1.807, 2.05) is 19.9 Å². The number of aryl methyl sites for hydroxylation is 1. The lowest BCUT2D eigenvalue weighted by Crippen LogP contribution is -2.31. The first-order chi connectivity index (χ1) is 14.0. The lowest BCUT2D eigenvalue weighted by atomic mass is 10.1. The van der Waals surface area contributed by atoms with Gasteiger partial charge < -0.3 is 5.32 Å². The second-order valence-electron chi connectivity index (χ2n) is 6.81. The predicted octanol–water partition coefficient (Wildman–Crippen LogP) is 4.35. The van der Waals surface area contributed by atoms with E-state index in [9.17, 15) is 9.18 Å². The zero-order chi connectivity index (χ0) is 20.4. The van der Waals surface area contributed by atoms with Gasteiger partial charge in [-0.05, 0) is 43.2 Å². The van der Waals surface area contributed by atoms with Crippen LogP contribution in [0.2, 0.25) is 0 Å². The summed E-state index contributed by atoms with van der Waals surface area (Å²) in [6.07, 6.45) is 5.19. The Bertz CT molecular complexity index is 1170. The van der Waals surface area contributed by atoms with Crippen molar-refractivity contribution in [1.82, 2.24) is 25.5 Å². The number of amides is 2. The first-order valence-corrected chi connectivity index (χ1v) is 9.09. The molecule has 0 aliphatic carbocycles. The Hall–Kier alpha value is -3.81. The van der Waals surface area contributed by atoms with Crippen molar-refractivity contribution in [1.29, 1.82) is 0 Å². The number of fused-ring (bicyclic) bond motifs is 1. The van der Waals surface area contributed by atoms with Crippen LogP contribution in [0, 0.1) is 12.7 Å². The molecular weight excluding hydrogens is 371 g/mol. The maximum absolute atomic E-state index is 13.0. The number of halogens is 1. The molecule has 4 aromatic rings. The van der Waals surface area contributed by atoms with Gasteiger partial charge in [0.1, 0.15) is 17.3 Å². The Morgan fingerprint density at radius 3 is 2.69 bits per heavy atom. The van der Waals surface area contributed by atoms with Gasteiger partial charge in [0, 0.05) is 35.6 Å². The van der Waals surface area contributed by atoms with Gasteiger partial charge >= 0.3 is 6.03 Å². The zero-order valence-electron chi connectivity index (χ0n) is 15.9. The third-order valence-corrected chi connectivity index (χ3v) is 4.55. The summed E-state index contributed by atoms with van der Waals surface area (Å²) >= 11 is 0. The fourth-order valence-corrected chi connectivity index (χ4v) is 3.07. The van der Waals surface area contributed by atoms with Gasteiger partial charge in [0.15, 0.2) is 0 Å². The van der Waals surface area contributed by atoms with Gasteiger partial charge in [0.2, 0.25) is 0 Å². The summed E-state index contributed by atoms with van der Waals surface area (Å²) in [5, 5.41) is 13.7. The molecule has 7 nitrogen and oxygen atoms in total. The van der Waals surface area contributed by atoms with Crippen LogP contribution >= 0.6 is 0 Å². The second-order valence-corrected chi connectivity index (χ2v) is 6.81. The van der Waals surface area contributed by atoms with Crippen LogP contribution in [0.5, 0.6) is 0 Å². The molecule has 2 amide bonds. The number of carbonyl (C=O) groups is 1. The van der Waals surface area contributed by atoms with E-state index in [0.717, 1.165) is 33.3 Å². The standard InChI is InChI=1S/C21H19FN6O/c1-12-7-15(10-23-9-12)20-17-11-24-19(8-18(17)27-28-20)26-21(29)25-13(2)14-3-5-16(22)6-4-14/h3-11,13H,1-2H3,(H,27,28)(H2,24,25,26,29)/t13-/m1/s1. The fourth-order valence-electron chi connectivity index (χ4n) is 3.07. The molecular formula is C21H19FN6O. The molecule has 0 unspecified atom stereocenters. The molecule has 29 heavy (non-hydrogen) atoms. The van der Waals surface area contributed by atoms with E-state index in [0.29, 0.717) is 5.82 Å². The number of nitrogens with one attached hydrogen (secondary N) is 3. The zero-order valence-corrected chi connectivity index (χ0v) is 15.9. The Morgan fingerprint density at radius 1 is 1.14 bits per heavy atom. The van der Waals surface area contributed by atoms with Crippen molar-refractivity contribution in [3.63, 3.8) is 0 Å². The van der Waals surface area contributed by atoms with E-state index in [1.54, 1.807) is 36.8 Å². The van der Waals surface area contributed by atoms with Crippen LogP contribution in [-0.2, 0) is 0 Å². The molecule has 0 saturated heterocycles. The number of aromatic nitrogens is 4. The largest absolute Gasteiger partial charge is 0.331 e. The molecule has 0 fully saturated rings. The molecule has 146 valence electrons. The van der Waals surface area contributed by atoms with Gasteiger partial charge in [-0.3, -0.25) is 15.4 Å². The minimum Gasteiger partial charge on any atom is -0.331 e. The van der Waals surface area contributed by atoms with Crippen LogP contribution in [0.25, 0.3) is 22.2 Å². The number of benzene rings is 1. The maximum atomic E-state index is 13.0. The van der Waals surface area contributed by atoms with Crippen molar-refractivity contribution >= 4 is 22.8 Å². The lowest BCUT2D eigenvalue weighted by Gasteiger charge is -2.14. The molecule has 0 radical (unpaired) electrons. The summed E-state index contributed by atoms with van der Waals surface area (Å²) < 4.78 is 13.0. The number of anilines is 1. The molecule has 0 saturated carbocycles. The van der Waals surface area contributed by atoms with Crippen LogP contribution in [0.3, 0.4) is 0 Å². The molecule has 3 aromatic heterocycles. The summed E-state index contributed by atoms with van der Waals surface area (Å²) in [7, 11) is 0. The van der Waals surface area contributed by atoms with Gasteiger partial charge in [-0.15, -0.1) is 0 Å². The Balaban J connectivity index is 1.48. The lowest BCUT2D eigenvalue weighted by molar-refractivity contribution is 0.249. The van der Waals surface area contributed by atoms with Crippen LogP contribution in [0.1, 0.15) is 24.1 Å². The van der Waals surface area contributed by atoms with Gasteiger partial charge in [-0.25, -0.2) is 14.2 Å². The highest BCUT2D eigenvalue weighted by molar-refractivity contribution is 5.95. The summed E-state index contributed by atoms with van der Waals surface area (Å²) in [5.74, 6) is 0.0714. The monoisotopic (exact) mass is 390 g/mol. The van der Waals surface area contributed by atoms with Gasteiger partial charge in [-0.1, -0.05) is 12.1 Å². The van der Waals surface area contributed by atoms with E-state index in [2.05, 4.69) is 30.8 Å². The average Bonchev–Trinajstić information content (AvgIpc) is 3.11. The third-order valence-electron chi connectivity index (χ3n) is 4.55. The van der Waals surface area contributed by atoms with Crippen LogP contribution < -0.4 is 10.6 Å². The van der Waals surface area contributed by atoms with E-state index in [1.165, 1.54) is 12.1 Å². The van der Waals surface area contributed by atoms with Crippen molar-refractivity contribution in [2.75, 3.05) is 5.32 Å². The van der Waals surface area contributed by atoms with Crippen LogP contribution in [0.4, 0.5) is 15.0 Å². The Morgan fingerprint density at radius 2 is 1.93 bits per heavy atom. The number of urea groups is 1. The number of aromatic amines is 1. The highest BCUT2D eigenvalue weighted by atomic mass is 19.1. The van der Waals surface area contributed by atoms with E-state index in [4.69, 9.17) is 0 Å². The summed E-state index contributed by atoms with van der Waals surface area (Å²) in [6.45, 7) is 3.79.